The zero-order chi connectivity index (χ0) is 18.4. The van der Waals surface area contributed by atoms with Crippen LogP contribution >= 0.6 is 0 Å². The van der Waals surface area contributed by atoms with E-state index < -0.39 is 17.0 Å². The molecule has 2 aromatic carbocycles. The predicted molar refractivity (Wildman–Crippen MR) is 91.3 cm³/mol. The van der Waals surface area contributed by atoms with Crippen molar-refractivity contribution >= 4 is 5.97 Å². The van der Waals surface area contributed by atoms with E-state index in [0.717, 1.165) is 11.6 Å². The second-order valence-electron chi connectivity index (χ2n) is 6.45. The number of rotatable bonds is 7. The van der Waals surface area contributed by atoms with Gasteiger partial charge in [-0.05, 0) is 50.5 Å². The van der Waals surface area contributed by atoms with Gasteiger partial charge in [0, 0.05) is 0 Å². The lowest BCUT2D eigenvalue weighted by atomic mass is 9.85. The predicted octanol–water partition coefficient (Wildman–Crippen LogP) is 4.68. The van der Waals surface area contributed by atoms with Crippen LogP contribution in [0.4, 0.5) is 8.78 Å². The first-order valence-corrected chi connectivity index (χ1v) is 8.15. The molecule has 0 aliphatic heterocycles. The number of hydrogen-bond donors (Lipinski definition) is 0. The third kappa shape index (κ3) is 5.02. The van der Waals surface area contributed by atoms with Gasteiger partial charge in [0.2, 0.25) is 5.82 Å². The Labute approximate surface area is 146 Å². The van der Waals surface area contributed by atoms with Gasteiger partial charge < -0.3 is 9.47 Å². The zero-order valence-electron chi connectivity index (χ0n) is 14.6. The Morgan fingerprint density at radius 1 is 1.08 bits per heavy atom. The molecule has 25 heavy (non-hydrogen) atoms. The molecule has 5 heteroatoms. The first kappa shape index (κ1) is 18.9. The molecule has 0 bridgehead atoms. The number of esters is 1. The lowest BCUT2D eigenvalue weighted by molar-refractivity contribution is -0.153. The minimum Gasteiger partial charge on any atom is -0.486 e. The molecule has 0 aromatic heterocycles. The average Bonchev–Trinajstić information content (AvgIpc) is 2.57. The van der Waals surface area contributed by atoms with E-state index in [0.29, 0.717) is 5.56 Å². The zero-order valence-corrected chi connectivity index (χ0v) is 14.6. The van der Waals surface area contributed by atoms with Gasteiger partial charge in [-0.3, -0.25) is 4.79 Å². The van der Waals surface area contributed by atoms with Gasteiger partial charge in [-0.15, -0.1) is 0 Å². The lowest BCUT2D eigenvalue weighted by Gasteiger charge is -2.22. The standard InChI is InChI=1S/C20H22F2O3/c1-4-24-19(23)20(2,3)12-15-10-16(21)18(22)17(11-15)25-13-14-8-6-5-7-9-14/h5-11H,4,12-13H2,1-3H3. The maximum atomic E-state index is 14.0. The summed E-state index contributed by atoms with van der Waals surface area (Å²) in [4.78, 5) is 12.0. The van der Waals surface area contributed by atoms with Crippen LogP contribution in [0.1, 0.15) is 31.9 Å². The Morgan fingerprint density at radius 2 is 1.76 bits per heavy atom. The molecular weight excluding hydrogens is 326 g/mol. The molecule has 0 atom stereocenters. The SMILES string of the molecule is CCOC(=O)C(C)(C)Cc1cc(F)c(F)c(OCc2ccccc2)c1. The number of hydrogen-bond acceptors (Lipinski definition) is 3. The Balaban J connectivity index is 2.18. The first-order valence-electron chi connectivity index (χ1n) is 8.15. The van der Waals surface area contributed by atoms with Crippen molar-refractivity contribution in [2.75, 3.05) is 6.61 Å². The topological polar surface area (TPSA) is 35.5 Å². The van der Waals surface area contributed by atoms with Crippen molar-refractivity contribution in [3.05, 3.63) is 65.2 Å². The van der Waals surface area contributed by atoms with Crippen molar-refractivity contribution < 1.29 is 23.0 Å². The van der Waals surface area contributed by atoms with Gasteiger partial charge >= 0.3 is 5.97 Å². The molecule has 0 unspecified atom stereocenters. The summed E-state index contributed by atoms with van der Waals surface area (Å²) < 4.78 is 38.4. The number of benzene rings is 2. The fourth-order valence-electron chi connectivity index (χ4n) is 2.47. The van der Waals surface area contributed by atoms with Crippen LogP contribution in [0.25, 0.3) is 0 Å². The number of carbonyl (C=O) groups is 1. The highest BCUT2D eigenvalue weighted by atomic mass is 19.2. The normalized spacial score (nSPS) is 11.2. The Hall–Kier alpha value is -2.43. The van der Waals surface area contributed by atoms with Crippen LogP contribution in [0.3, 0.4) is 0 Å². The van der Waals surface area contributed by atoms with Crippen molar-refractivity contribution in [3.8, 4) is 5.75 Å². The minimum atomic E-state index is -1.03. The van der Waals surface area contributed by atoms with E-state index in [4.69, 9.17) is 9.47 Å². The van der Waals surface area contributed by atoms with Crippen molar-refractivity contribution in [1.29, 1.82) is 0 Å². The van der Waals surface area contributed by atoms with Gasteiger partial charge in [-0.2, -0.15) is 4.39 Å². The third-order valence-corrected chi connectivity index (χ3v) is 3.77. The monoisotopic (exact) mass is 348 g/mol. The molecule has 0 N–H and O–H groups in total. The molecule has 0 heterocycles. The molecule has 3 nitrogen and oxygen atoms in total. The van der Waals surface area contributed by atoms with E-state index in [-0.39, 0.29) is 31.4 Å². The van der Waals surface area contributed by atoms with Crippen LogP contribution < -0.4 is 4.74 Å². The quantitative estimate of drug-likeness (QED) is 0.682. The van der Waals surface area contributed by atoms with Gasteiger partial charge in [-0.1, -0.05) is 30.3 Å². The molecule has 134 valence electrons. The molecule has 0 saturated heterocycles. The van der Waals surface area contributed by atoms with E-state index in [1.807, 2.05) is 30.3 Å². The van der Waals surface area contributed by atoms with E-state index in [1.54, 1.807) is 20.8 Å². The number of ether oxygens (including phenoxy) is 2. The van der Waals surface area contributed by atoms with Gasteiger partial charge in [-0.25, -0.2) is 4.39 Å². The van der Waals surface area contributed by atoms with Gasteiger partial charge in [0.05, 0.1) is 12.0 Å². The van der Waals surface area contributed by atoms with Crippen LogP contribution in [0.5, 0.6) is 5.75 Å². The smallest absolute Gasteiger partial charge is 0.311 e. The van der Waals surface area contributed by atoms with E-state index in [1.165, 1.54) is 6.07 Å². The first-order chi connectivity index (χ1) is 11.8. The third-order valence-electron chi connectivity index (χ3n) is 3.77. The summed E-state index contributed by atoms with van der Waals surface area (Å²) in [6.45, 7) is 5.53. The van der Waals surface area contributed by atoms with Gasteiger partial charge in [0.15, 0.2) is 11.6 Å². The van der Waals surface area contributed by atoms with Crippen molar-refractivity contribution in [3.63, 3.8) is 0 Å². The lowest BCUT2D eigenvalue weighted by Crippen LogP contribution is -2.29. The molecule has 0 radical (unpaired) electrons. The second kappa shape index (κ2) is 8.10. The Kier molecular flexibility index (Phi) is 6.12. The highest BCUT2D eigenvalue weighted by molar-refractivity contribution is 5.76. The molecule has 0 amide bonds. The van der Waals surface area contributed by atoms with Crippen LogP contribution in [-0.4, -0.2) is 12.6 Å². The minimum absolute atomic E-state index is 0.127. The molecule has 0 saturated carbocycles. The van der Waals surface area contributed by atoms with E-state index >= 15 is 0 Å². The summed E-state index contributed by atoms with van der Waals surface area (Å²) in [5, 5.41) is 0. The van der Waals surface area contributed by atoms with Gasteiger partial charge in [0.1, 0.15) is 6.61 Å². The fraction of sp³-hybridized carbons (Fsp3) is 0.350. The molecule has 2 rings (SSSR count). The maximum Gasteiger partial charge on any atom is 0.311 e. The largest absolute Gasteiger partial charge is 0.486 e. The molecule has 2 aromatic rings. The van der Waals surface area contributed by atoms with Crippen LogP contribution in [-0.2, 0) is 22.6 Å². The van der Waals surface area contributed by atoms with Crippen molar-refractivity contribution in [2.24, 2.45) is 5.41 Å². The summed E-state index contributed by atoms with van der Waals surface area (Å²) in [6, 6.07) is 11.7. The number of carbonyl (C=O) groups excluding carboxylic acids is 1. The van der Waals surface area contributed by atoms with Crippen LogP contribution in [0.15, 0.2) is 42.5 Å². The molecule has 0 aliphatic rings. The second-order valence-corrected chi connectivity index (χ2v) is 6.45. The molecular formula is C20H22F2O3. The van der Waals surface area contributed by atoms with Crippen LogP contribution in [0.2, 0.25) is 0 Å². The highest BCUT2D eigenvalue weighted by Gasteiger charge is 2.30. The highest BCUT2D eigenvalue weighted by Crippen LogP contribution is 2.29. The van der Waals surface area contributed by atoms with Crippen LogP contribution in [0, 0.1) is 17.0 Å². The average molecular weight is 348 g/mol. The van der Waals surface area contributed by atoms with E-state index in [2.05, 4.69) is 0 Å². The summed E-state index contributed by atoms with van der Waals surface area (Å²) in [5.41, 5.74) is 0.469. The number of halogens is 2. The maximum absolute atomic E-state index is 14.0. The Bertz CT molecular complexity index is 727. The fourth-order valence-corrected chi connectivity index (χ4v) is 2.47. The summed E-state index contributed by atoms with van der Waals surface area (Å²) in [7, 11) is 0. The summed E-state index contributed by atoms with van der Waals surface area (Å²) in [5.74, 6) is -2.58. The van der Waals surface area contributed by atoms with Crippen molar-refractivity contribution in [2.45, 2.75) is 33.8 Å². The Morgan fingerprint density at radius 3 is 2.40 bits per heavy atom. The molecule has 0 spiro atoms. The molecule has 0 fully saturated rings. The van der Waals surface area contributed by atoms with Gasteiger partial charge in [0.25, 0.3) is 0 Å². The van der Waals surface area contributed by atoms with E-state index in [9.17, 15) is 13.6 Å². The van der Waals surface area contributed by atoms with Crippen molar-refractivity contribution in [1.82, 2.24) is 0 Å². The summed E-state index contributed by atoms with van der Waals surface area (Å²) in [6.07, 6.45) is 0.213. The summed E-state index contributed by atoms with van der Waals surface area (Å²) >= 11 is 0. The molecule has 0 aliphatic carbocycles.